The molecule has 3 aromatic rings. The van der Waals surface area contributed by atoms with Gasteiger partial charge >= 0.3 is 0 Å². The fourth-order valence-corrected chi connectivity index (χ4v) is 6.51. The summed E-state index contributed by atoms with van der Waals surface area (Å²) in [4.78, 5) is 10.0. The van der Waals surface area contributed by atoms with Crippen LogP contribution in [-0.4, -0.2) is 73.1 Å². The Hall–Kier alpha value is -2.80. The van der Waals surface area contributed by atoms with E-state index in [0.717, 1.165) is 88.7 Å². The lowest BCUT2D eigenvalue weighted by Crippen LogP contribution is -2.47. The average molecular weight is 503 g/mol. The minimum atomic E-state index is -0.230. The van der Waals surface area contributed by atoms with Gasteiger partial charge in [0, 0.05) is 69.1 Å². The molecule has 6 heteroatoms. The van der Waals surface area contributed by atoms with Crippen LogP contribution in [0.1, 0.15) is 29.9 Å². The van der Waals surface area contributed by atoms with Crippen LogP contribution >= 0.6 is 0 Å². The number of benzene rings is 3. The van der Waals surface area contributed by atoms with Crippen molar-refractivity contribution in [2.75, 3.05) is 57.3 Å². The molecule has 6 rings (SSSR count). The largest absolute Gasteiger partial charge is 0.337 e. The molecular formula is C31H36F2N4. The Balaban J connectivity index is 1.03. The van der Waals surface area contributed by atoms with E-state index in [1.54, 1.807) is 12.1 Å². The molecule has 0 unspecified atom stereocenters. The minimum absolute atomic E-state index is 0.179. The molecule has 0 aromatic heterocycles. The normalized spacial score (nSPS) is 22.7. The molecule has 0 saturated carbocycles. The lowest BCUT2D eigenvalue weighted by molar-refractivity contribution is 0.118. The Kier molecular flexibility index (Phi) is 7.23. The van der Waals surface area contributed by atoms with Crippen molar-refractivity contribution >= 4 is 11.4 Å². The first kappa shape index (κ1) is 24.5. The predicted octanol–water partition coefficient (Wildman–Crippen LogP) is 5.48. The van der Waals surface area contributed by atoms with Crippen molar-refractivity contribution < 1.29 is 8.78 Å². The number of likely N-dealkylation sites (tertiary alicyclic amines) is 1. The first-order valence-corrected chi connectivity index (χ1v) is 13.7. The number of anilines is 2. The molecule has 194 valence electrons. The maximum absolute atomic E-state index is 14.3. The van der Waals surface area contributed by atoms with E-state index < -0.39 is 0 Å². The SMILES string of the molecule is Fc1ccc(N2c3ccc(F)cc3[C@@H]3CN(CCCN4CCN(Cc5ccccc5)CC4)CC[C@H]32)cc1. The molecule has 0 aliphatic carbocycles. The molecule has 0 amide bonds. The molecule has 3 heterocycles. The highest BCUT2D eigenvalue weighted by atomic mass is 19.1. The monoisotopic (exact) mass is 502 g/mol. The minimum Gasteiger partial charge on any atom is -0.337 e. The summed E-state index contributed by atoms with van der Waals surface area (Å²) in [6.45, 7) is 9.78. The van der Waals surface area contributed by atoms with Crippen LogP contribution < -0.4 is 4.90 Å². The maximum Gasteiger partial charge on any atom is 0.123 e. The summed E-state index contributed by atoms with van der Waals surface area (Å²) in [6.07, 6.45) is 2.18. The zero-order valence-electron chi connectivity index (χ0n) is 21.4. The summed E-state index contributed by atoms with van der Waals surface area (Å²) in [6, 6.07) is 22.9. The smallest absolute Gasteiger partial charge is 0.123 e. The Morgan fingerprint density at radius 1 is 0.703 bits per heavy atom. The Bertz CT molecular complexity index is 1180. The third-order valence-corrected chi connectivity index (χ3v) is 8.41. The van der Waals surface area contributed by atoms with Gasteiger partial charge in [0.1, 0.15) is 11.6 Å². The number of nitrogens with zero attached hydrogens (tertiary/aromatic N) is 4. The van der Waals surface area contributed by atoms with Gasteiger partial charge < -0.3 is 14.7 Å². The zero-order chi connectivity index (χ0) is 25.2. The second-order valence-corrected chi connectivity index (χ2v) is 10.8. The third-order valence-electron chi connectivity index (χ3n) is 8.41. The van der Waals surface area contributed by atoms with Crippen molar-refractivity contribution in [3.8, 4) is 0 Å². The van der Waals surface area contributed by atoms with Crippen molar-refractivity contribution in [2.24, 2.45) is 0 Å². The van der Waals surface area contributed by atoms with E-state index in [0.29, 0.717) is 0 Å². The molecule has 2 atom stereocenters. The van der Waals surface area contributed by atoms with Crippen LogP contribution in [0.2, 0.25) is 0 Å². The first-order valence-electron chi connectivity index (χ1n) is 13.7. The Morgan fingerprint density at radius 2 is 1.41 bits per heavy atom. The number of piperidine rings is 1. The van der Waals surface area contributed by atoms with E-state index in [2.05, 4.69) is 49.9 Å². The Morgan fingerprint density at radius 3 is 2.19 bits per heavy atom. The van der Waals surface area contributed by atoms with Gasteiger partial charge in [-0.15, -0.1) is 0 Å². The molecule has 0 radical (unpaired) electrons. The van der Waals surface area contributed by atoms with Gasteiger partial charge in [0.05, 0.1) is 0 Å². The number of rotatable bonds is 7. The van der Waals surface area contributed by atoms with Crippen molar-refractivity contribution in [2.45, 2.75) is 31.3 Å². The summed E-state index contributed by atoms with van der Waals surface area (Å²) in [5, 5.41) is 0. The topological polar surface area (TPSA) is 13.0 Å². The average Bonchev–Trinajstić information content (AvgIpc) is 3.24. The highest BCUT2D eigenvalue weighted by Crippen LogP contribution is 2.48. The molecule has 3 aromatic carbocycles. The van der Waals surface area contributed by atoms with Gasteiger partial charge in [-0.2, -0.15) is 0 Å². The number of fused-ring (bicyclic) bond motifs is 3. The van der Waals surface area contributed by atoms with Crippen LogP contribution in [0, 0.1) is 11.6 Å². The van der Waals surface area contributed by atoms with Gasteiger partial charge in [-0.05, 0) is 79.5 Å². The van der Waals surface area contributed by atoms with Gasteiger partial charge in [0.2, 0.25) is 0 Å². The van der Waals surface area contributed by atoms with Crippen molar-refractivity contribution in [3.05, 3.63) is 95.6 Å². The van der Waals surface area contributed by atoms with Crippen LogP contribution in [0.3, 0.4) is 0 Å². The molecule has 3 aliphatic rings. The van der Waals surface area contributed by atoms with E-state index in [-0.39, 0.29) is 23.6 Å². The predicted molar refractivity (Wildman–Crippen MR) is 145 cm³/mol. The second kappa shape index (κ2) is 10.9. The van der Waals surface area contributed by atoms with E-state index in [1.807, 2.05) is 18.2 Å². The zero-order valence-corrected chi connectivity index (χ0v) is 21.4. The number of hydrogen-bond acceptors (Lipinski definition) is 4. The van der Waals surface area contributed by atoms with E-state index in [9.17, 15) is 8.78 Å². The molecule has 0 N–H and O–H groups in total. The van der Waals surface area contributed by atoms with Crippen LogP contribution in [-0.2, 0) is 6.54 Å². The molecule has 2 saturated heterocycles. The summed E-state index contributed by atoms with van der Waals surface area (Å²) in [5.41, 5.74) is 4.54. The summed E-state index contributed by atoms with van der Waals surface area (Å²) >= 11 is 0. The molecule has 4 nitrogen and oxygen atoms in total. The molecule has 2 fully saturated rings. The quantitative estimate of drug-likeness (QED) is 0.424. The highest BCUT2D eigenvalue weighted by Gasteiger charge is 2.42. The maximum atomic E-state index is 14.3. The molecule has 0 bridgehead atoms. The molecule has 37 heavy (non-hydrogen) atoms. The molecular weight excluding hydrogens is 466 g/mol. The number of hydrogen-bond donors (Lipinski definition) is 0. The van der Waals surface area contributed by atoms with Gasteiger partial charge in [0.25, 0.3) is 0 Å². The van der Waals surface area contributed by atoms with Crippen LogP contribution in [0.15, 0.2) is 72.8 Å². The lowest BCUT2D eigenvalue weighted by atomic mass is 9.89. The van der Waals surface area contributed by atoms with E-state index in [4.69, 9.17) is 0 Å². The standard InChI is InChI=1S/C31H36F2N4/c32-25-7-10-27(11-8-25)37-30-12-9-26(33)21-28(30)29-23-35(16-13-31(29)37)15-4-14-34-17-19-36(20-18-34)22-24-5-2-1-3-6-24/h1-3,5-12,21,29,31H,4,13-20,22-23H2/t29-,31+/m0/s1. The number of piperazine rings is 1. The second-order valence-electron chi connectivity index (χ2n) is 10.8. The van der Waals surface area contributed by atoms with Gasteiger partial charge in [-0.3, -0.25) is 4.90 Å². The van der Waals surface area contributed by atoms with Crippen molar-refractivity contribution in [1.29, 1.82) is 0 Å². The molecule has 0 spiro atoms. The van der Waals surface area contributed by atoms with Crippen LogP contribution in [0.5, 0.6) is 0 Å². The fourth-order valence-electron chi connectivity index (χ4n) is 6.51. The van der Waals surface area contributed by atoms with E-state index in [1.165, 1.54) is 17.7 Å². The van der Waals surface area contributed by atoms with Crippen LogP contribution in [0.4, 0.5) is 20.2 Å². The fraction of sp³-hybridized carbons (Fsp3) is 0.419. The summed E-state index contributed by atoms with van der Waals surface area (Å²) in [7, 11) is 0. The lowest BCUT2D eigenvalue weighted by Gasteiger charge is -2.39. The third kappa shape index (κ3) is 5.42. The van der Waals surface area contributed by atoms with Gasteiger partial charge in [0.15, 0.2) is 0 Å². The van der Waals surface area contributed by atoms with Gasteiger partial charge in [-0.1, -0.05) is 30.3 Å². The van der Waals surface area contributed by atoms with Crippen LogP contribution in [0.25, 0.3) is 0 Å². The molecule has 3 aliphatic heterocycles. The van der Waals surface area contributed by atoms with Crippen molar-refractivity contribution in [3.63, 3.8) is 0 Å². The summed E-state index contributed by atoms with van der Waals surface area (Å²) < 4.78 is 27.9. The van der Waals surface area contributed by atoms with Crippen molar-refractivity contribution in [1.82, 2.24) is 14.7 Å². The summed E-state index contributed by atoms with van der Waals surface area (Å²) in [5.74, 6) is -0.140. The number of halogens is 2. The highest BCUT2D eigenvalue weighted by molar-refractivity contribution is 5.73. The first-order chi connectivity index (χ1) is 18.1. The van der Waals surface area contributed by atoms with Gasteiger partial charge in [-0.25, -0.2) is 8.78 Å². The Labute approximate surface area is 219 Å². The van der Waals surface area contributed by atoms with E-state index >= 15 is 0 Å².